The summed E-state index contributed by atoms with van der Waals surface area (Å²) in [6.45, 7) is 2.97. The van der Waals surface area contributed by atoms with Gasteiger partial charge in [-0.25, -0.2) is 0 Å². The molecule has 0 radical (unpaired) electrons. The summed E-state index contributed by atoms with van der Waals surface area (Å²) in [5, 5.41) is 0. The maximum Gasteiger partial charge on any atom is 0.196 e. The molecule has 1 fully saturated rings. The second-order valence-electron chi connectivity index (χ2n) is 5.30. The van der Waals surface area contributed by atoms with Crippen molar-refractivity contribution >= 4 is 0 Å². The standard InChI is InChI=1S/C11H24NO3.ClH/c1-9-11(13-5,14-6)7-10(15-9)8-12(2,3)4;/h9-10H,7-8H2,1-6H3;1H/q+1;/p-1. The second kappa shape index (κ2) is 5.65. The minimum Gasteiger partial charge on any atom is -1.00 e. The number of methoxy groups -OCH3 is 2. The number of rotatable bonds is 4. The number of nitrogens with zero attached hydrogens (tertiary/aromatic N) is 1. The Morgan fingerprint density at radius 3 is 2.06 bits per heavy atom. The molecular weight excluding hydrogens is 230 g/mol. The van der Waals surface area contributed by atoms with E-state index >= 15 is 0 Å². The SMILES string of the molecule is COC1(OC)CC(C[N+](C)(C)C)OC1C.[Cl-]. The van der Waals surface area contributed by atoms with E-state index in [1.807, 2.05) is 6.92 Å². The molecule has 2 unspecified atom stereocenters. The summed E-state index contributed by atoms with van der Waals surface area (Å²) in [7, 11) is 9.84. The summed E-state index contributed by atoms with van der Waals surface area (Å²) in [5.74, 6) is -0.556. The van der Waals surface area contributed by atoms with Crippen molar-refractivity contribution in [2.75, 3.05) is 41.9 Å². The van der Waals surface area contributed by atoms with Crippen LogP contribution in [0.5, 0.6) is 0 Å². The average molecular weight is 254 g/mol. The maximum atomic E-state index is 5.87. The fourth-order valence-electron chi connectivity index (χ4n) is 2.22. The lowest BCUT2D eigenvalue weighted by atomic mass is 10.1. The smallest absolute Gasteiger partial charge is 0.196 e. The topological polar surface area (TPSA) is 27.7 Å². The van der Waals surface area contributed by atoms with E-state index < -0.39 is 5.79 Å². The van der Waals surface area contributed by atoms with E-state index in [9.17, 15) is 0 Å². The van der Waals surface area contributed by atoms with Crippen LogP contribution in [0.1, 0.15) is 13.3 Å². The van der Waals surface area contributed by atoms with E-state index in [4.69, 9.17) is 14.2 Å². The highest BCUT2D eigenvalue weighted by Gasteiger charge is 2.48. The van der Waals surface area contributed by atoms with Crippen molar-refractivity contribution in [2.24, 2.45) is 0 Å². The van der Waals surface area contributed by atoms with E-state index in [0.717, 1.165) is 17.4 Å². The van der Waals surface area contributed by atoms with Crippen LogP contribution in [0.2, 0.25) is 0 Å². The normalized spacial score (nSPS) is 28.9. The molecule has 1 aliphatic heterocycles. The zero-order chi connectivity index (χ0) is 11.7. The van der Waals surface area contributed by atoms with E-state index in [-0.39, 0.29) is 24.6 Å². The third kappa shape index (κ3) is 3.57. The molecule has 0 bridgehead atoms. The Bertz CT molecular complexity index is 214. The number of hydrogen-bond donors (Lipinski definition) is 0. The molecule has 0 amide bonds. The largest absolute Gasteiger partial charge is 1.00 e. The molecule has 0 aliphatic carbocycles. The molecule has 0 spiro atoms. The summed E-state index contributed by atoms with van der Waals surface area (Å²) in [4.78, 5) is 0. The van der Waals surface area contributed by atoms with Gasteiger partial charge in [0.2, 0.25) is 0 Å². The van der Waals surface area contributed by atoms with Gasteiger partial charge in [0.15, 0.2) is 5.79 Å². The van der Waals surface area contributed by atoms with Crippen molar-refractivity contribution in [3.05, 3.63) is 0 Å². The predicted molar refractivity (Wildman–Crippen MR) is 58.6 cm³/mol. The summed E-state index contributed by atoms with van der Waals surface area (Å²) < 4.78 is 17.7. The number of quaternary nitrogens is 1. The monoisotopic (exact) mass is 253 g/mol. The lowest BCUT2D eigenvalue weighted by Gasteiger charge is -2.28. The highest BCUT2D eigenvalue weighted by molar-refractivity contribution is 4.88. The molecule has 0 aromatic heterocycles. The highest BCUT2D eigenvalue weighted by atomic mass is 35.5. The molecule has 0 saturated carbocycles. The Morgan fingerprint density at radius 2 is 1.75 bits per heavy atom. The van der Waals surface area contributed by atoms with Gasteiger partial charge in [0.05, 0.1) is 21.1 Å². The molecule has 1 aliphatic rings. The first-order valence-corrected chi connectivity index (χ1v) is 5.39. The number of likely N-dealkylation sites (N-methyl/N-ethyl adjacent to an activating group) is 1. The molecule has 1 rings (SSSR count). The third-order valence-corrected chi connectivity index (χ3v) is 2.97. The zero-order valence-electron chi connectivity index (χ0n) is 11.1. The lowest BCUT2D eigenvalue weighted by Crippen LogP contribution is -3.00. The van der Waals surface area contributed by atoms with Gasteiger partial charge in [-0.1, -0.05) is 0 Å². The fraction of sp³-hybridized carbons (Fsp3) is 1.00. The van der Waals surface area contributed by atoms with Gasteiger partial charge >= 0.3 is 0 Å². The van der Waals surface area contributed by atoms with Crippen LogP contribution >= 0.6 is 0 Å². The first kappa shape index (κ1) is 16.1. The van der Waals surface area contributed by atoms with Crippen LogP contribution in [-0.2, 0) is 14.2 Å². The predicted octanol–water partition coefficient (Wildman–Crippen LogP) is -2.14. The Kier molecular flexibility index (Phi) is 5.69. The molecule has 16 heavy (non-hydrogen) atoms. The van der Waals surface area contributed by atoms with Crippen molar-refractivity contribution in [3.63, 3.8) is 0 Å². The van der Waals surface area contributed by atoms with Crippen LogP contribution in [0, 0.1) is 0 Å². The van der Waals surface area contributed by atoms with Gasteiger partial charge in [0.1, 0.15) is 18.8 Å². The van der Waals surface area contributed by atoms with Crippen molar-refractivity contribution in [1.82, 2.24) is 0 Å². The maximum absolute atomic E-state index is 5.87. The molecular formula is C11H24ClNO3. The minimum atomic E-state index is -0.556. The quantitative estimate of drug-likeness (QED) is 0.423. The van der Waals surface area contributed by atoms with Crippen molar-refractivity contribution in [3.8, 4) is 0 Å². The fourth-order valence-corrected chi connectivity index (χ4v) is 2.22. The van der Waals surface area contributed by atoms with E-state index in [1.165, 1.54) is 0 Å². The van der Waals surface area contributed by atoms with Crippen molar-refractivity contribution in [1.29, 1.82) is 0 Å². The lowest BCUT2D eigenvalue weighted by molar-refractivity contribution is -0.873. The van der Waals surface area contributed by atoms with Crippen LogP contribution < -0.4 is 12.4 Å². The van der Waals surface area contributed by atoms with Crippen LogP contribution in [0.25, 0.3) is 0 Å². The van der Waals surface area contributed by atoms with Crippen LogP contribution in [0.4, 0.5) is 0 Å². The highest BCUT2D eigenvalue weighted by Crippen LogP contribution is 2.34. The third-order valence-electron chi connectivity index (χ3n) is 2.97. The summed E-state index contributed by atoms with van der Waals surface area (Å²) in [6.07, 6.45) is 1.00. The number of hydrogen-bond acceptors (Lipinski definition) is 3. The molecule has 1 saturated heterocycles. The summed E-state index contributed by atoms with van der Waals surface area (Å²) in [5.41, 5.74) is 0. The first-order chi connectivity index (χ1) is 6.83. The van der Waals surface area contributed by atoms with Gasteiger partial charge in [-0.05, 0) is 6.92 Å². The molecule has 5 heteroatoms. The molecule has 1 heterocycles. The Labute approximate surface area is 105 Å². The van der Waals surface area contributed by atoms with Gasteiger partial charge < -0.3 is 31.1 Å². The van der Waals surface area contributed by atoms with Crippen molar-refractivity contribution < 1.29 is 31.1 Å². The number of halogens is 1. The summed E-state index contributed by atoms with van der Waals surface area (Å²) in [6, 6.07) is 0. The molecule has 4 nitrogen and oxygen atoms in total. The van der Waals surface area contributed by atoms with E-state index in [1.54, 1.807) is 14.2 Å². The number of ether oxygens (including phenoxy) is 3. The Balaban J connectivity index is 0.00000225. The van der Waals surface area contributed by atoms with Crippen molar-refractivity contribution in [2.45, 2.75) is 31.3 Å². The molecule has 0 aromatic carbocycles. The summed E-state index contributed by atoms with van der Waals surface area (Å²) >= 11 is 0. The van der Waals surface area contributed by atoms with Gasteiger partial charge in [-0.3, -0.25) is 0 Å². The van der Waals surface area contributed by atoms with Gasteiger partial charge in [-0.2, -0.15) is 0 Å². The second-order valence-corrected chi connectivity index (χ2v) is 5.30. The Hall–Kier alpha value is 0.130. The molecule has 0 N–H and O–H groups in total. The zero-order valence-corrected chi connectivity index (χ0v) is 11.9. The van der Waals surface area contributed by atoms with Gasteiger partial charge in [0, 0.05) is 20.6 Å². The average Bonchev–Trinajstić information content (AvgIpc) is 2.40. The van der Waals surface area contributed by atoms with Crippen LogP contribution in [-0.4, -0.2) is 64.4 Å². The van der Waals surface area contributed by atoms with Gasteiger partial charge in [-0.15, -0.1) is 0 Å². The first-order valence-electron chi connectivity index (χ1n) is 5.39. The molecule has 0 aromatic rings. The molecule has 2 atom stereocenters. The Morgan fingerprint density at radius 1 is 1.25 bits per heavy atom. The minimum absolute atomic E-state index is 0. The van der Waals surface area contributed by atoms with Gasteiger partial charge in [0.25, 0.3) is 0 Å². The van der Waals surface area contributed by atoms with E-state index in [0.29, 0.717) is 0 Å². The van der Waals surface area contributed by atoms with Crippen LogP contribution in [0.3, 0.4) is 0 Å². The van der Waals surface area contributed by atoms with E-state index in [2.05, 4.69) is 21.1 Å². The molecule has 98 valence electrons. The van der Waals surface area contributed by atoms with Crippen LogP contribution in [0.15, 0.2) is 0 Å².